The summed E-state index contributed by atoms with van der Waals surface area (Å²) in [4.78, 5) is 0.977. The maximum Gasteiger partial charge on any atom is 0.140 e. The van der Waals surface area contributed by atoms with Crippen molar-refractivity contribution >= 4 is 11.8 Å². The van der Waals surface area contributed by atoms with Gasteiger partial charge in [0.2, 0.25) is 0 Å². The van der Waals surface area contributed by atoms with E-state index in [1.54, 1.807) is 11.8 Å². The molecule has 148 valence electrons. The van der Waals surface area contributed by atoms with Gasteiger partial charge >= 0.3 is 0 Å². The van der Waals surface area contributed by atoms with Crippen LogP contribution >= 0.6 is 11.8 Å². The zero-order valence-electron chi connectivity index (χ0n) is 16.4. The Morgan fingerprint density at radius 1 is 0.733 bits per heavy atom. The van der Waals surface area contributed by atoms with Crippen LogP contribution in [-0.2, 0) is 6.42 Å². The van der Waals surface area contributed by atoms with Gasteiger partial charge in [-0.25, -0.2) is 0 Å². The number of phenols is 1. The molecule has 0 saturated heterocycles. The van der Waals surface area contributed by atoms with Crippen LogP contribution in [0.1, 0.15) is 33.6 Å². The molecule has 0 aromatic heterocycles. The number of hydrogen-bond acceptors (Lipinski definition) is 3. The number of thioether (sulfide) groups is 1. The van der Waals surface area contributed by atoms with E-state index in [9.17, 15) is 5.11 Å². The number of fused-ring (bicyclic) bond motifs is 1. The second kappa shape index (κ2) is 8.29. The summed E-state index contributed by atoms with van der Waals surface area (Å²) in [5.74, 6) is 1.16. The van der Waals surface area contributed by atoms with Crippen LogP contribution in [0.25, 0.3) is 0 Å². The molecule has 0 bridgehead atoms. The summed E-state index contributed by atoms with van der Waals surface area (Å²) < 4.78 is 6.59. The van der Waals surface area contributed by atoms with Crippen LogP contribution in [0, 0.1) is 0 Å². The van der Waals surface area contributed by atoms with E-state index in [1.165, 1.54) is 5.56 Å². The van der Waals surface area contributed by atoms with Gasteiger partial charge in [0, 0.05) is 12.0 Å². The van der Waals surface area contributed by atoms with E-state index in [1.807, 2.05) is 42.5 Å². The monoisotopic (exact) mass is 410 g/mol. The van der Waals surface area contributed by atoms with Gasteiger partial charge in [-0.15, -0.1) is 11.8 Å². The van der Waals surface area contributed by atoms with Crippen molar-refractivity contribution in [1.29, 1.82) is 0 Å². The maximum atomic E-state index is 10.7. The number of rotatable bonds is 4. The van der Waals surface area contributed by atoms with E-state index in [-0.39, 0.29) is 11.4 Å². The molecule has 0 spiro atoms. The molecule has 0 radical (unpaired) electrons. The molecular formula is C27H22O2S. The average molecular weight is 411 g/mol. The van der Waals surface area contributed by atoms with E-state index < -0.39 is 0 Å². The van der Waals surface area contributed by atoms with E-state index in [0.717, 1.165) is 27.3 Å². The summed E-state index contributed by atoms with van der Waals surface area (Å²) in [6.07, 6.45) is 0.576. The third-order valence-electron chi connectivity index (χ3n) is 5.42. The Labute approximate surface area is 181 Å². The number of aromatic hydroxyl groups is 1. The zero-order chi connectivity index (χ0) is 20.3. The van der Waals surface area contributed by atoms with E-state index in [2.05, 4.69) is 60.7 Å². The molecule has 3 heteroatoms. The van der Waals surface area contributed by atoms with Gasteiger partial charge in [-0.2, -0.15) is 0 Å². The lowest BCUT2D eigenvalue weighted by atomic mass is 10.00. The van der Waals surface area contributed by atoms with Gasteiger partial charge in [-0.1, -0.05) is 91.0 Å². The minimum absolute atomic E-state index is 0.0970. The molecule has 2 atom stereocenters. The standard InChI is InChI=1S/C27H22O2S/c28-23-18-25-24(17-22(23)16-19-10-4-1-5-11-19)29-26(20-12-6-2-7-13-20)27(30-25)21-14-8-3-9-15-21/h1-15,17-18,26-28H,16H2/t26-,27+/m0/s1. The molecule has 0 unspecified atom stereocenters. The fourth-order valence-corrected chi connectivity index (χ4v) is 5.21. The first-order chi connectivity index (χ1) is 14.8. The van der Waals surface area contributed by atoms with Gasteiger partial charge in [0.05, 0.1) is 10.1 Å². The van der Waals surface area contributed by atoms with Crippen LogP contribution in [0.15, 0.2) is 108 Å². The van der Waals surface area contributed by atoms with Crippen molar-refractivity contribution in [3.63, 3.8) is 0 Å². The third kappa shape index (κ3) is 3.81. The highest BCUT2D eigenvalue weighted by atomic mass is 32.2. The first-order valence-electron chi connectivity index (χ1n) is 10.1. The number of phenolic OH excluding ortho intramolecular Hbond substituents is 1. The van der Waals surface area contributed by atoms with Crippen LogP contribution in [0.4, 0.5) is 0 Å². The molecule has 0 saturated carbocycles. The minimum atomic E-state index is -0.0970. The quantitative estimate of drug-likeness (QED) is 0.395. The highest BCUT2D eigenvalue weighted by Crippen LogP contribution is 2.54. The number of hydrogen-bond donors (Lipinski definition) is 1. The summed E-state index contributed by atoms with van der Waals surface area (Å²) in [5.41, 5.74) is 4.42. The largest absolute Gasteiger partial charge is 0.508 e. The molecular weight excluding hydrogens is 388 g/mol. The molecule has 0 aliphatic carbocycles. The maximum absolute atomic E-state index is 10.7. The topological polar surface area (TPSA) is 29.5 Å². The predicted octanol–water partition coefficient (Wildman–Crippen LogP) is 6.95. The van der Waals surface area contributed by atoms with E-state index in [0.29, 0.717) is 12.2 Å². The molecule has 0 fully saturated rings. The fourth-order valence-electron chi connectivity index (χ4n) is 3.90. The molecule has 0 amide bonds. The minimum Gasteiger partial charge on any atom is -0.508 e. The summed E-state index contributed by atoms with van der Waals surface area (Å²) in [6, 6.07) is 34.9. The van der Waals surface area contributed by atoms with E-state index in [4.69, 9.17) is 4.74 Å². The Balaban J connectivity index is 1.54. The van der Waals surface area contributed by atoms with Crippen molar-refractivity contribution in [3.05, 3.63) is 125 Å². The van der Waals surface area contributed by atoms with Crippen molar-refractivity contribution in [2.45, 2.75) is 22.7 Å². The Hall–Kier alpha value is -3.17. The lowest BCUT2D eigenvalue weighted by Crippen LogP contribution is -2.19. The van der Waals surface area contributed by atoms with E-state index >= 15 is 0 Å². The zero-order valence-corrected chi connectivity index (χ0v) is 17.3. The first-order valence-corrected chi connectivity index (χ1v) is 11.0. The number of benzene rings is 4. The smallest absolute Gasteiger partial charge is 0.140 e. The molecule has 30 heavy (non-hydrogen) atoms. The van der Waals surface area contributed by atoms with Crippen molar-refractivity contribution in [2.24, 2.45) is 0 Å². The van der Waals surface area contributed by atoms with Crippen molar-refractivity contribution in [2.75, 3.05) is 0 Å². The van der Waals surface area contributed by atoms with Crippen LogP contribution < -0.4 is 4.74 Å². The Morgan fingerprint density at radius 2 is 1.33 bits per heavy atom. The Kier molecular flexibility index (Phi) is 5.20. The fraction of sp³-hybridized carbons (Fsp3) is 0.111. The lowest BCUT2D eigenvalue weighted by Gasteiger charge is -2.34. The second-order valence-electron chi connectivity index (χ2n) is 7.49. The van der Waals surface area contributed by atoms with Crippen molar-refractivity contribution in [3.8, 4) is 11.5 Å². The van der Waals surface area contributed by atoms with Gasteiger partial charge in [0.15, 0.2) is 0 Å². The molecule has 4 aromatic rings. The third-order valence-corrected chi connectivity index (χ3v) is 6.77. The van der Waals surface area contributed by atoms with Crippen molar-refractivity contribution in [1.82, 2.24) is 0 Å². The average Bonchev–Trinajstić information content (AvgIpc) is 2.81. The van der Waals surface area contributed by atoms with Crippen LogP contribution in [-0.4, -0.2) is 5.11 Å². The summed E-state index contributed by atoms with van der Waals surface area (Å²) >= 11 is 1.76. The Morgan fingerprint density at radius 3 is 2.00 bits per heavy atom. The first kappa shape index (κ1) is 18.8. The highest BCUT2D eigenvalue weighted by molar-refractivity contribution is 7.99. The van der Waals surface area contributed by atoms with Gasteiger partial charge in [0.1, 0.15) is 17.6 Å². The van der Waals surface area contributed by atoms with Gasteiger partial charge in [0.25, 0.3) is 0 Å². The molecule has 1 N–H and O–H groups in total. The lowest BCUT2D eigenvalue weighted by molar-refractivity contribution is 0.190. The highest BCUT2D eigenvalue weighted by Gasteiger charge is 2.34. The molecule has 5 rings (SSSR count). The molecule has 4 aromatic carbocycles. The molecule has 1 heterocycles. The van der Waals surface area contributed by atoms with Gasteiger partial charge in [-0.3, -0.25) is 0 Å². The van der Waals surface area contributed by atoms with Crippen LogP contribution in [0.2, 0.25) is 0 Å². The molecule has 1 aliphatic heterocycles. The second-order valence-corrected chi connectivity index (χ2v) is 8.67. The molecule has 2 nitrogen and oxygen atoms in total. The van der Waals surface area contributed by atoms with Crippen molar-refractivity contribution < 1.29 is 9.84 Å². The SMILES string of the molecule is Oc1cc2c(cc1Cc1ccccc1)O[C@@H](c1ccccc1)[C@@H](c1ccccc1)S2. The summed E-state index contributed by atoms with van der Waals surface area (Å²) in [6.45, 7) is 0. The summed E-state index contributed by atoms with van der Waals surface area (Å²) in [5, 5.41) is 10.8. The van der Waals surface area contributed by atoms with Gasteiger partial charge in [-0.05, 0) is 28.8 Å². The predicted molar refractivity (Wildman–Crippen MR) is 122 cm³/mol. The normalized spacial score (nSPS) is 17.7. The number of ether oxygens (including phenoxy) is 1. The summed E-state index contributed by atoms with van der Waals surface area (Å²) in [7, 11) is 0. The van der Waals surface area contributed by atoms with Gasteiger partial charge < -0.3 is 9.84 Å². The molecule has 1 aliphatic rings. The van der Waals surface area contributed by atoms with Crippen LogP contribution in [0.5, 0.6) is 11.5 Å². The van der Waals surface area contributed by atoms with Crippen LogP contribution in [0.3, 0.4) is 0 Å². The Bertz CT molecular complexity index is 1130.